The average molecular weight is 1420 g/mol. The summed E-state index contributed by atoms with van der Waals surface area (Å²) in [5.41, 5.74) is 32.2. The van der Waals surface area contributed by atoms with Crippen molar-refractivity contribution in [1.29, 1.82) is 0 Å². The first-order valence-electron chi connectivity index (χ1n) is 35.9. The summed E-state index contributed by atoms with van der Waals surface area (Å²) < 4.78 is 0. The quantitative estimate of drug-likeness (QED) is 0.0271. The fourth-order valence-electron chi connectivity index (χ4n) is 11.6. The molecule has 0 saturated carbocycles. The third-order valence-electron chi connectivity index (χ3n) is 17.8. The third kappa shape index (κ3) is 29.2. The molecule has 29 heteroatoms. The number of carboxylic acids is 1. The van der Waals surface area contributed by atoms with Crippen molar-refractivity contribution in [2.75, 3.05) is 32.8 Å². The highest BCUT2D eigenvalue weighted by atomic mass is 16.4. The first-order chi connectivity index (χ1) is 48.8. The van der Waals surface area contributed by atoms with Crippen molar-refractivity contribution in [2.45, 2.75) is 217 Å². The Balaban J connectivity index is 1.63. The number of aromatic amines is 1. The second kappa shape index (κ2) is 45.9. The van der Waals surface area contributed by atoms with E-state index in [9.17, 15) is 58.2 Å². The summed E-state index contributed by atoms with van der Waals surface area (Å²) in [6.45, 7) is 10.7. The zero-order valence-electron chi connectivity index (χ0n) is 60.1. The second-order valence-corrected chi connectivity index (χ2v) is 26.9. The van der Waals surface area contributed by atoms with Crippen LogP contribution in [0.1, 0.15) is 148 Å². The Morgan fingerprint density at radius 1 is 0.412 bits per heavy atom. The van der Waals surface area contributed by atoms with Gasteiger partial charge >= 0.3 is 5.97 Å². The number of aliphatic hydroxyl groups is 1. The zero-order chi connectivity index (χ0) is 75.3. The Morgan fingerprint density at radius 2 is 0.775 bits per heavy atom. The molecule has 0 spiro atoms. The van der Waals surface area contributed by atoms with Crippen molar-refractivity contribution in [3.63, 3.8) is 0 Å². The number of para-hydroxylation sites is 1. The molecule has 102 heavy (non-hydrogen) atoms. The monoisotopic (exact) mass is 1420 g/mol. The van der Waals surface area contributed by atoms with E-state index in [0.717, 1.165) is 5.56 Å². The molecule has 564 valence electrons. The molecule has 1 heterocycles. The minimum atomic E-state index is -1.69. The van der Waals surface area contributed by atoms with Gasteiger partial charge in [-0.05, 0) is 144 Å². The normalized spacial score (nSPS) is 14.9. The van der Waals surface area contributed by atoms with Crippen molar-refractivity contribution in [3.8, 4) is 0 Å². The van der Waals surface area contributed by atoms with Crippen LogP contribution in [0.15, 0.2) is 91.1 Å². The fraction of sp³-hybridized carbons (Fsp3) is 0.575. The molecule has 12 atom stereocenters. The molecule has 4 rings (SSSR count). The lowest BCUT2D eigenvalue weighted by Crippen LogP contribution is -2.62. The van der Waals surface area contributed by atoms with Crippen LogP contribution in [0.5, 0.6) is 0 Å². The number of carbonyl (C=O) groups excluding carboxylic acids is 10. The Hall–Kier alpha value is -8.87. The number of benzene rings is 3. The number of carbonyl (C=O) groups is 11. The van der Waals surface area contributed by atoms with E-state index in [1.54, 1.807) is 108 Å². The van der Waals surface area contributed by atoms with E-state index >= 15 is 4.79 Å². The molecule has 0 bridgehead atoms. The molecule has 0 aliphatic heterocycles. The minimum Gasteiger partial charge on any atom is -0.480 e. The summed E-state index contributed by atoms with van der Waals surface area (Å²) in [6, 6.07) is 10.4. The van der Waals surface area contributed by atoms with Gasteiger partial charge in [0.15, 0.2) is 0 Å². The number of unbranched alkanes of at least 4 members (excludes halogenated alkanes) is 4. The van der Waals surface area contributed by atoms with Crippen LogP contribution in [0.4, 0.5) is 0 Å². The van der Waals surface area contributed by atoms with E-state index in [-0.39, 0.29) is 64.0 Å². The smallest absolute Gasteiger partial charge is 0.326 e. The lowest BCUT2D eigenvalue weighted by molar-refractivity contribution is -0.143. The second-order valence-electron chi connectivity index (χ2n) is 26.9. The zero-order valence-corrected chi connectivity index (χ0v) is 60.1. The Kier molecular flexibility index (Phi) is 38.5. The maximum Gasteiger partial charge on any atom is 0.326 e. The molecule has 3 aromatic carbocycles. The standard InChI is InChI=1S/C73H114N16O13/c1-7-46(6)62(89-71(99)61(45(4)5)88-66(94)55(33-19-23-37-77)80-64(92)53(31-17-21-35-75)81-67(95)56(39-47-24-10-8-11-25-47)83-63(91)51(78)29-16-20-34-74)72(100)85-58(41-49-42-79-52-30-15-14-28-50(49)52)69(97)82-54(32-18-22-36-76)65(93)87-60(43-90)70(98)84-57(40-48-26-12-9-13-27-48)68(96)86-59(73(101)102)38-44(2)3/h8-15,24-28,30,42,44-46,51,53-62,79,90H,7,16-23,29,31-41,43,74-78H2,1-6H3,(H,80,92)(H,81,95)(H,82,97)(H,83,91)(H,84,98)(H,85,100)(H,86,96)(H,87,93)(H,88,94)(H,89,99)(H,101,102)/t46-,51-,53-,54-,55-,56-,57-,58-,59-,60-,61-,62-/m0/s1. The lowest BCUT2D eigenvalue weighted by Gasteiger charge is -2.31. The molecule has 0 aliphatic carbocycles. The fourth-order valence-corrected chi connectivity index (χ4v) is 11.6. The van der Waals surface area contributed by atoms with Crippen molar-refractivity contribution in [3.05, 3.63) is 108 Å². The highest BCUT2D eigenvalue weighted by Crippen LogP contribution is 2.21. The molecular weight excluding hydrogens is 1310 g/mol. The number of rotatable bonds is 49. The van der Waals surface area contributed by atoms with E-state index in [4.69, 9.17) is 28.7 Å². The van der Waals surface area contributed by atoms with Crippen LogP contribution < -0.4 is 81.8 Å². The Morgan fingerprint density at radius 3 is 1.22 bits per heavy atom. The molecule has 29 nitrogen and oxygen atoms in total. The molecule has 0 saturated heterocycles. The van der Waals surface area contributed by atoms with Crippen LogP contribution in [-0.2, 0) is 72.0 Å². The first kappa shape index (κ1) is 85.5. The van der Waals surface area contributed by atoms with Crippen molar-refractivity contribution < 1.29 is 63.0 Å². The molecular formula is C73H114N16O13. The van der Waals surface area contributed by atoms with Crippen LogP contribution >= 0.6 is 0 Å². The van der Waals surface area contributed by atoms with Gasteiger partial charge in [-0.2, -0.15) is 0 Å². The number of nitrogens with one attached hydrogen (secondary N) is 11. The summed E-state index contributed by atoms with van der Waals surface area (Å²) in [5, 5.41) is 48.6. The van der Waals surface area contributed by atoms with E-state index in [1.165, 1.54) is 0 Å². The molecule has 0 fully saturated rings. The number of H-pyrrole nitrogens is 1. The number of hydrogen-bond acceptors (Lipinski definition) is 17. The number of carboxylic acid groups (broad SMARTS) is 1. The summed E-state index contributed by atoms with van der Waals surface area (Å²) in [4.78, 5) is 159. The predicted molar refractivity (Wildman–Crippen MR) is 390 cm³/mol. The SMILES string of the molecule is CC[C@H](C)[C@H](NC(=O)[C@@H](NC(=O)[C@H](CCCCN)NC(=O)[C@H](CCCCN)NC(=O)[C@H](Cc1ccccc1)NC(=O)[C@@H](N)CCCCN)C(C)C)C(=O)N[C@@H](Cc1c[nH]c2ccccc12)C(=O)N[C@@H](CCCCN)C(=O)N[C@@H](CO)C(=O)N[C@@H](Cc1ccccc1)C(=O)N[C@@H](CC(C)C)C(=O)O. The van der Waals surface area contributed by atoms with Gasteiger partial charge < -0.3 is 97.0 Å². The van der Waals surface area contributed by atoms with Crippen molar-refractivity contribution in [2.24, 2.45) is 46.4 Å². The van der Waals surface area contributed by atoms with Crippen LogP contribution in [-0.4, -0.2) is 179 Å². The summed E-state index contributed by atoms with van der Waals surface area (Å²) >= 11 is 0. The van der Waals surface area contributed by atoms with E-state index < -0.39 is 150 Å². The number of hydrogen-bond donors (Lipinski definition) is 18. The molecule has 0 aliphatic rings. The van der Waals surface area contributed by atoms with Gasteiger partial charge in [-0.25, -0.2) is 4.79 Å². The minimum absolute atomic E-state index is 0.0334. The summed E-state index contributed by atoms with van der Waals surface area (Å²) in [5.74, 6) is -10.5. The summed E-state index contributed by atoms with van der Waals surface area (Å²) in [6.07, 6.45) is 6.05. The van der Waals surface area contributed by atoms with Crippen molar-refractivity contribution in [1.82, 2.24) is 58.2 Å². The Labute approximate surface area is 598 Å². The van der Waals surface area contributed by atoms with Gasteiger partial charge in [-0.15, -0.1) is 0 Å². The predicted octanol–water partition coefficient (Wildman–Crippen LogP) is 0.712. The maximum atomic E-state index is 15.0. The third-order valence-corrected chi connectivity index (χ3v) is 17.8. The van der Waals surface area contributed by atoms with Gasteiger partial charge in [-0.1, -0.05) is 133 Å². The molecule has 0 radical (unpaired) electrons. The number of fused-ring (bicyclic) bond motifs is 1. The highest BCUT2D eigenvalue weighted by Gasteiger charge is 2.38. The lowest BCUT2D eigenvalue weighted by atomic mass is 9.95. The number of aliphatic carboxylic acids is 1. The maximum absolute atomic E-state index is 15.0. The van der Waals surface area contributed by atoms with Crippen LogP contribution in [0, 0.1) is 17.8 Å². The van der Waals surface area contributed by atoms with E-state index in [1.807, 2.05) is 24.3 Å². The van der Waals surface area contributed by atoms with Gasteiger partial charge in [0.05, 0.1) is 12.6 Å². The largest absolute Gasteiger partial charge is 0.480 e. The van der Waals surface area contributed by atoms with E-state index in [2.05, 4.69) is 58.2 Å². The highest BCUT2D eigenvalue weighted by molar-refractivity contribution is 5.99. The van der Waals surface area contributed by atoms with Crippen LogP contribution in [0.2, 0.25) is 0 Å². The number of amides is 10. The number of aromatic nitrogens is 1. The Bertz CT molecular complexity index is 3280. The molecule has 1 aromatic heterocycles. The van der Waals surface area contributed by atoms with Gasteiger partial charge in [0.1, 0.15) is 60.4 Å². The molecule has 0 unspecified atom stereocenters. The summed E-state index contributed by atoms with van der Waals surface area (Å²) in [7, 11) is 0. The van der Waals surface area contributed by atoms with Gasteiger partial charge in [-0.3, -0.25) is 47.9 Å². The van der Waals surface area contributed by atoms with Gasteiger partial charge in [0, 0.05) is 36.4 Å². The molecule has 23 N–H and O–H groups in total. The number of aliphatic hydroxyl groups excluding tert-OH is 1. The average Bonchev–Trinajstić information content (AvgIpc) is 1.61. The molecule has 10 amide bonds. The van der Waals surface area contributed by atoms with Crippen molar-refractivity contribution >= 4 is 75.9 Å². The van der Waals surface area contributed by atoms with E-state index in [0.29, 0.717) is 99.3 Å². The first-order valence-corrected chi connectivity index (χ1v) is 35.9. The van der Waals surface area contributed by atoms with Gasteiger partial charge in [0.25, 0.3) is 0 Å². The molecule has 4 aromatic rings. The van der Waals surface area contributed by atoms with Crippen LogP contribution in [0.25, 0.3) is 10.9 Å². The van der Waals surface area contributed by atoms with Crippen LogP contribution in [0.3, 0.4) is 0 Å². The number of nitrogens with two attached hydrogens (primary N) is 5. The topological polar surface area (TPSA) is 494 Å². The van der Waals surface area contributed by atoms with Gasteiger partial charge in [0.2, 0.25) is 59.1 Å².